The highest BCUT2D eigenvalue weighted by molar-refractivity contribution is 5.94. The average Bonchev–Trinajstić information content (AvgIpc) is 3.11. The molecule has 0 spiro atoms. The van der Waals surface area contributed by atoms with E-state index in [9.17, 15) is 4.79 Å². The third kappa shape index (κ3) is 3.02. The summed E-state index contributed by atoms with van der Waals surface area (Å²) in [5.41, 5.74) is 3.98. The van der Waals surface area contributed by atoms with E-state index in [1.807, 2.05) is 23.1 Å². The molecule has 6 heteroatoms. The number of aryl methyl sites for hydroxylation is 1. The predicted octanol–water partition coefficient (Wildman–Crippen LogP) is 2.08. The zero-order valence-corrected chi connectivity index (χ0v) is 14.5. The number of nitrogens with zero attached hydrogens (tertiary/aromatic N) is 2. The maximum Gasteiger partial charge on any atom is 0.274 e. The largest absolute Gasteiger partial charge is 0.496 e. The number of methoxy groups -OCH3 is 1. The first-order chi connectivity index (χ1) is 12.3. The van der Waals surface area contributed by atoms with E-state index in [0.29, 0.717) is 18.8 Å². The molecule has 1 aromatic heterocycles. The van der Waals surface area contributed by atoms with Crippen molar-refractivity contribution in [2.24, 2.45) is 0 Å². The lowest BCUT2D eigenvalue weighted by Crippen LogP contribution is -2.48. The number of para-hydroxylation sites is 1. The van der Waals surface area contributed by atoms with Gasteiger partial charge in [-0.1, -0.05) is 18.2 Å². The molecular formula is C19H24N4O2. The van der Waals surface area contributed by atoms with Gasteiger partial charge in [-0.15, -0.1) is 0 Å². The van der Waals surface area contributed by atoms with E-state index >= 15 is 0 Å². The van der Waals surface area contributed by atoms with Crippen molar-refractivity contribution in [2.45, 2.75) is 31.7 Å². The third-order valence-corrected chi connectivity index (χ3v) is 5.24. The number of fused-ring (bicyclic) bond motifs is 1. The molecule has 1 atom stereocenters. The molecule has 1 fully saturated rings. The van der Waals surface area contributed by atoms with Crippen LogP contribution in [0.15, 0.2) is 24.3 Å². The zero-order chi connectivity index (χ0) is 17.2. The van der Waals surface area contributed by atoms with Gasteiger partial charge in [-0.25, -0.2) is 0 Å². The van der Waals surface area contributed by atoms with Crippen molar-refractivity contribution in [1.29, 1.82) is 0 Å². The first kappa shape index (κ1) is 16.1. The van der Waals surface area contributed by atoms with Gasteiger partial charge < -0.3 is 15.0 Å². The molecule has 1 amide bonds. The van der Waals surface area contributed by atoms with Crippen molar-refractivity contribution in [2.75, 3.05) is 26.7 Å². The van der Waals surface area contributed by atoms with Crippen molar-refractivity contribution < 1.29 is 9.53 Å². The molecule has 0 radical (unpaired) electrons. The van der Waals surface area contributed by atoms with Crippen LogP contribution in [0.3, 0.4) is 0 Å². The Balaban J connectivity index is 1.55. The standard InChI is InChI=1S/C19H24N4O2/c1-25-17-9-5-3-6-13(17)16-12-23(11-10-20-16)19(24)18-14-7-2-4-8-15(14)21-22-18/h3,5-6,9,16,20H,2,4,7-8,10-12H2,1H3,(H,21,22). The molecule has 1 aliphatic carbocycles. The second kappa shape index (κ2) is 6.88. The van der Waals surface area contributed by atoms with Crippen LogP contribution in [0.5, 0.6) is 5.75 Å². The van der Waals surface area contributed by atoms with Gasteiger partial charge in [-0.3, -0.25) is 9.89 Å². The lowest BCUT2D eigenvalue weighted by molar-refractivity contribution is 0.0694. The van der Waals surface area contributed by atoms with Crippen LogP contribution in [0.2, 0.25) is 0 Å². The zero-order valence-electron chi connectivity index (χ0n) is 14.5. The van der Waals surface area contributed by atoms with Gasteiger partial charge in [0.25, 0.3) is 5.91 Å². The molecular weight excluding hydrogens is 316 g/mol. The minimum atomic E-state index is 0.0424. The van der Waals surface area contributed by atoms with Crippen LogP contribution >= 0.6 is 0 Å². The molecule has 2 heterocycles. The third-order valence-electron chi connectivity index (χ3n) is 5.24. The number of rotatable bonds is 3. The van der Waals surface area contributed by atoms with Gasteiger partial charge in [-0.05, 0) is 31.7 Å². The first-order valence-corrected chi connectivity index (χ1v) is 8.99. The number of carbonyl (C=O) groups is 1. The van der Waals surface area contributed by atoms with Crippen molar-refractivity contribution >= 4 is 5.91 Å². The number of amides is 1. The molecule has 1 aromatic carbocycles. The van der Waals surface area contributed by atoms with Gasteiger partial charge >= 0.3 is 0 Å². The van der Waals surface area contributed by atoms with Gasteiger partial charge in [0, 0.05) is 36.5 Å². The molecule has 132 valence electrons. The fraction of sp³-hybridized carbons (Fsp3) is 0.474. The molecule has 1 aliphatic heterocycles. The highest BCUT2D eigenvalue weighted by Gasteiger charge is 2.30. The number of ether oxygens (including phenoxy) is 1. The summed E-state index contributed by atoms with van der Waals surface area (Å²) in [6, 6.07) is 8.06. The smallest absolute Gasteiger partial charge is 0.274 e. The van der Waals surface area contributed by atoms with Gasteiger partial charge in [0.2, 0.25) is 0 Å². The Kier molecular flexibility index (Phi) is 4.44. The minimum Gasteiger partial charge on any atom is -0.496 e. The van der Waals surface area contributed by atoms with E-state index < -0.39 is 0 Å². The van der Waals surface area contributed by atoms with Crippen molar-refractivity contribution in [3.8, 4) is 5.75 Å². The van der Waals surface area contributed by atoms with E-state index in [1.165, 1.54) is 6.42 Å². The Morgan fingerprint density at radius 1 is 1.28 bits per heavy atom. The molecule has 2 aliphatic rings. The maximum atomic E-state index is 13.0. The van der Waals surface area contributed by atoms with Gasteiger partial charge in [0.15, 0.2) is 5.69 Å². The van der Waals surface area contributed by atoms with E-state index in [0.717, 1.165) is 48.4 Å². The van der Waals surface area contributed by atoms with Crippen molar-refractivity contribution in [1.82, 2.24) is 20.4 Å². The predicted molar refractivity (Wildman–Crippen MR) is 94.9 cm³/mol. The molecule has 0 bridgehead atoms. The molecule has 2 N–H and O–H groups in total. The van der Waals surface area contributed by atoms with Crippen LogP contribution in [-0.4, -0.2) is 47.7 Å². The summed E-state index contributed by atoms with van der Waals surface area (Å²) in [6.07, 6.45) is 4.26. The monoisotopic (exact) mass is 340 g/mol. The van der Waals surface area contributed by atoms with Crippen LogP contribution < -0.4 is 10.1 Å². The summed E-state index contributed by atoms with van der Waals surface area (Å²) < 4.78 is 5.48. The van der Waals surface area contributed by atoms with Crippen molar-refractivity contribution in [3.05, 3.63) is 46.8 Å². The molecule has 4 rings (SSSR count). The summed E-state index contributed by atoms with van der Waals surface area (Å²) in [7, 11) is 1.68. The molecule has 1 unspecified atom stereocenters. The Hall–Kier alpha value is -2.34. The van der Waals surface area contributed by atoms with E-state index in [2.05, 4.69) is 21.6 Å². The summed E-state index contributed by atoms with van der Waals surface area (Å²) in [4.78, 5) is 15.0. The van der Waals surface area contributed by atoms with Gasteiger partial charge in [0.1, 0.15) is 5.75 Å². The summed E-state index contributed by atoms with van der Waals surface area (Å²) in [6.45, 7) is 2.09. The number of aromatic amines is 1. The second-order valence-corrected chi connectivity index (χ2v) is 6.74. The lowest BCUT2D eigenvalue weighted by atomic mass is 9.95. The number of aromatic nitrogens is 2. The SMILES string of the molecule is COc1ccccc1C1CN(C(=O)c2n[nH]c3c2CCCC3)CCN1. The number of benzene rings is 1. The van der Waals surface area contributed by atoms with E-state index in [1.54, 1.807) is 7.11 Å². The van der Waals surface area contributed by atoms with Gasteiger partial charge in [-0.2, -0.15) is 5.10 Å². The molecule has 25 heavy (non-hydrogen) atoms. The molecule has 1 saturated heterocycles. The molecule has 2 aromatic rings. The topological polar surface area (TPSA) is 70.2 Å². The Bertz CT molecular complexity index is 771. The normalized spacial score (nSPS) is 20.2. The molecule has 0 saturated carbocycles. The number of carbonyl (C=O) groups excluding carboxylic acids is 1. The van der Waals surface area contributed by atoms with Gasteiger partial charge in [0.05, 0.1) is 13.2 Å². The van der Waals surface area contributed by atoms with E-state index in [-0.39, 0.29) is 11.9 Å². The Labute approximate surface area is 147 Å². The number of nitrogens with one attached hydrogen (secondary N) is 2. The highest BCUT2D eigenvalue weighted by Crippen LogP contribution is 2.28. The number of piperazine rings is 1. The lowest BCUT2D eigenvalue weighted by Gasteiger charge is -2.34. The second-order valence-electron chi connectivity index (χ2n) is 6.74. The number of hydrogen-bond donors (Lipinski definition) is 2. The summed E-state index contributed by atoms with van der Waals surface area (Å²) in [5.74, 6) is 0.896. The maximum absolute atomic E-state index is 13.0. The fourth-order valence-corrected chi connectivity index (χ4v) is 3.90. The van der Waals surface area contributed by atoms with Crippen LogP contribution in [0.25, 0.3) is 0 Å². The highest BCUT2D eigenvalue weighted by atomic mass is 16.5. The minimum absolute atomic E-state index is 0.0424. The average molecular weight is 340 g/mol. The fourth-order valence-electron chi connectivity index (χ4n) is 3.90. The number of hydrogen-bond acceptors (Lipinski definition) is 4. The summed E-state index contributed by atoms with van der Waals surface area (Å²) >= 11 is 0. The van der Waals surface area contributed by atoms with Crippen LogP contribution in [0, 0.1) is 0 Å². The molecule has 6 nitrogen and oxygen atoms in total. The quantitative estimate of drug-likeness (QED) is 0.897. The number of H-pyrrole nitrogens is 1. The van der Waals surface area contributed by atoms with Crippen molar-refractivity contribution in [3.63, 3.8) is 0 Å². The van der Waals surface area contributed by atoms with Crippen LogP contribution in [-0.2, 0) is 12.8 Å². The Morgan fingerprint density at radius 2 is 2.12 bits per heavy atom. The van der Waals surface area contributed by atoms with Crippen LogP contribution in [0.4, 0.5) is 0 Å². The first-order valence-electron chi connectivity index (χ1n) is 8.99. The van der Waals surface area contributed by atoms with E-state index in [4.69, 9.17) is 4.74 Å². The Morgan fingerprint density at radius 3 is 3.00 bits per heavy atom. The van der Waals surface area contributed by atoms with Crippen LogP contribution in [0.1, 0.15) is 46.2 Å². The summed E-state index contributed by atoms with van der Waals surface area (Å²) in [5, 5.41) is 10.9.